The first-order valence-corrected chi connectivity index (χ1v) is 13.7. The van der Waals surface area contributed by atoms with Crippen molar-refractivity contribution in [1.82, 2.24) is 10.1 Å². The van der Waals surface area contributed by atoms with Gasteiger partial charge in [-0.15, -0.1) is 0 Å². The van der Waals surface area contributed by atoms with E-state index in [1.807, 2.05) is 24.3 Å². The van der Waals surface area contributed by atoms with E-state index in [9.17, 15) is 4.79 Å². The molecule has 2 aromatic carbocycles. The van der Waals surface area contributed by atoms with Gasteiger partial charge in [0, 0.05) is 56.1 Å². The lowest BCUT2D eigenvalue weighted by atomic mass is 9.85. The lowest BCUT2D eigenvalue weighted by molar-refractivity contribution is 0.104. The van der Waals surface area contributed by atoms with Crippen LogP contribution >= 0.6 is 0 Å². The van der Waals surface area contributed by atoms with Gasteiger partial charge in [0.25, 0.3) is 0 Å². The summed E-state index contributed by atoms with van der Waals surface area (Å²) in [4.78, 5) is 18.8. The van der Waals surface area contributed by atoms with E-state index >= 15 is 0 Å². The zero-order valence-electron chi connectivity index (χ0n) is 22.0. The summed E-state index contributed by atoms with van der Waals surface area (Å²) < 4.78 is 5.97. The number of nitrogens with zero attached hydrogens (tertiary/aromatic N) is 3. The maximum absolute atomic E-state index is 13.8. The van der Waals surface area contributed by atoms with E-state index in [-0.39, 0.29) is 5.78 Å². The van der Waals surface area contributed by atoms with Crippen molar-refractivity contribution in [3.8, 4) is 11.3 Å². The van der Waals surface area contributed by atoms with E-state index in [1.165, 1.54) is 12.8 Å². The number of anilines is 2. The quantitative estimate of drug-likeness (QED) is 0.378. The first-order valence-electron chi connectivity index (χ1n) is 13.7. The predicted molar refractivity (Wildman–Crippen MR) is 146 cm³/mol. The van der Waals surface area contributed by atoms with Crippen molar-refractivity contribution in [1.29, 1.82) is 0 Å². The Morgan fingerprint density at radius 3 is 2.28 bits per heavy atom. The van der Waals surface area contributed by atoms with Gasteiger partial charge in [-0.3, -0.25) is 4.79 Å². The number of carbonyl (C=O) groups excluding carboxylic acids is 1. The number of likely N-dealkylation sites (tertiary alicyclic amines) is 1. The molecule has 0 spiro atoms. The van der Waals surface area contributed by atoms with E-state index in [0.29, 0.717) is 23.0 Å². The molecule has 36 heavy (non-hydrogen) atoms. The van der Waals surface area contributed by atoms with E-state index in [4.69, 9.17) is 4.52 Å². The molecule has 0 amide bonds. The van der Waals surface area contributed by atoms with Crippen LogP contribution in [0.15, 0.2) is 34.9 Å². The first kappa shape index (κ1) is 23.5. The zero-order chi connectivity index (χ0) is 25.0. The summed E-state index contributed by atoms with van der Waals surface area (Å²) in [5.41, 5.74) is 5.05. The number of benzene rings is 2. The van der Waals surface area contributed by atoms with Crippen molar-refractivity contribution >= 4 is 28.1 Å². The van der Waals surface area contributed by atoms with Gasteiger partial charge in [-0.25, -0.2) is 0 Å². The molecule has 1 N–H and O–H groups in total. The molecule has 6 nitrogen and oxygen atoms in total. The molecule has 3 heterocycles. The second-order valence-electron chi connectivity index (χ2n) is 11.9. The van der Waals surface area contributed by atoms with Gasteiger partial charge in [0.05, 0.1) is 16.6 Å². The van der Waals surface area contributed by atoms with Crippen molar-refractivity contribution in [2.45, 2.75) is 40.5 Å². The molecule has 1 aliphatic carbocycles. The summed E-state index contributed by atoms with van der Waals surface area (Å²) in [6.45, 7) is 15.4. The highest BCUT2D eigenvalue weighted by Crippen LogP contribution is 2.46. The molecule has 0 radical (unpaired) electrons. The van der Waals surface area contributed by atoms with Crippen molar-refractivity contribution in [2.24, 2.45) is 23.7 Å². The normalized spacial score (nSPS) is 26.3. The van der Waals surface area contributed by atoms with Gasteiger partial charge in [0.2, 0.25) is 0 Å². The minimum absolute atomic E-state index is 0.0564. The Balaban J connectivity index is 1.40. The Hall–Kier alpha value is -2.86. The molecule has 2 aliphatic heterocycles. The van der Waals surface area contributed by atoms with Crippen LogP contribution in [0.4, 0.5) is 11.4 Å². The fraction of sp³-hybridized carbons (Fsp3) is 0.533. The van der Waals surface area contributed by atoms with Gasteiger partial charge >= 0.3 is 0 Å². The zero-order valence-corrected chi connectivity index (χ0v) is 22.0. The molecule has 0 unspecified atom stereocenters. The largest absolute Gasteiger partial charge is 0.383 e. The monoisotopic (exact) mass is 486 g/mol. The van der Waals surface area contributed by atoms with Gasteiger partial charge in [-0.05, 0) is 42.6 Å². The van der Waals surface area contributed by atoms with Crippen LogP contribution in [0.25, 0.3) is 22.2 Å². The average Bonchev–Trinajstić information content (AvgIpc) is 3.27. The molecule has 6 rings (SSSR count). The van der Waals surface area contributed by atoms with E-state index in [0.717, 1.165) is 84.7 Å². The summed E-state index contributed by atoms with van der Waals surface area (Å²) >= 11 is 0. The summed E-state index contributed by atoms with van der Waals surface area (Å²) in [7, 11) is 0. The number of fused-ring (bicyclic) bond motifs is 2. The molecule has 6 heteroatoms. The van der Waals surface area contributed by atoms with Crippen molar-refractivity contribution in [3.05, 3.63) is 41.5 Å². The maximum atomic E-state index is 13.8. The lowest BCUT2D eigenvalue weighted by Gasteiger charge is -2.37. The number of rotatable bonds is 5. The highest BCUT2D eigenvalue weighted by molar-refractivity contribution is 6.28. The number of piperidine rings is 2. The van der Waals surface area contributed by atoms with Crippen molar-refractivity contribution in [3.63, 3.8) is 0 Å². The highest BCUT2D eigenvalue weighted by atomic mass is 16.5. The van der Waals surface area contributed by atoms with Crippen LogP contribution in [0.1, 0.15) is 56.5 Å². The highest BCUT2D eigenvalue weighted by Gasteiger charge is 2.34. The molecule has 1 aromatic heterocycles. The second-order valence-corrected chi connectivity index (χ2v) is 11.9. The minimum atomic E-state index is 0.0564. The lowest BCUT2D eigenvalue weighted by Crippen LogP contribution is -2.41. The molecule has 0 saturated carbocycles. The SMILES string of the molecule is C[C@@H]1C[C@H](C)CN(CCNc2cc(N3C[C@@H](C)C[C@H](C)C3)c3noc4c3c2C(=O)c2ccccc2-4)C1. The van der Waals surface area contributed by atoms with Crippen LogP contribution in [0.5, 0.6) is 0 Å². The fourth-order valence-electron chi connectivity index (χ4n) is 7.11. The van der Waals surface area contributed by atoms with Crippen molar-refractivity contribution < 1.29 is 9.32 Å². The third-order valence-corrected chi connectivity index (χ3v) is 8.28. The van der Waals surface area contributed by atoms with Gasteiger partial charge in [-0.2, -0.15) is 0 Å². The third kappa shape index (κ3) is 4.09. The number of ketones is 1. The summed E-state index contributed by atoms with van der Waals surface area (Å²) in [6, 6.07) is 9.92. The molecule has 3 aliphatic rings. The van der Waals surface area contributed by atoms with Crippen LogP contribution in [-0.4, -0.2) is 55.1 Å². The molecule has 2 saturated heterocycles. The minimum Gasteiger partial charge on any atom is -0.383 e. The third-order valence-electron chi connectivity index (χ3n) is 8.28. The summed E-state index contributed by atoms with van der Waals surface area (Å²) in [5.74, 6) is 3.48. The topological polar surface area (TPSA) is 61.6 Å². The van der Waals surface area contributed by atoms with E-state index in [2.05, 4.69) is 54.0 Å². The maximum Gasteiger partial charge on any atom is 0.196 e. The van der Waals surface area contributed by atoms with Gasteiger partial charge in [0.1, 0.15) is 5.52 Å². The van der Waals surface area contributed by atoms with Crippen LogP contribution in [-0.2, 0) is 0 Å². The fourth-order valence-corrected chi connectivity index (χ4v) is 7.11. The number of hydrogen-bond donors (Lipinski definition) is 1. The molecule has 3 aromatic rings. The second kappa shape index (κ2) is 9.22. The molecular weight excluding hydrogens is 448 g/mol. The Morgan fingerprint density at radius 1 is 0.944 bits per heavy atom. The Labute approximate surface area is 214 Å². The Morgan fingerprint density at radius 2 is 1.58 bits per heavy atom. The van der Waals surface area contributed by atoms with Crippen LogP contribution < -0.4 is 10.2 Å². The Kier molecular flexibility index (Phi) is 6.03. The average molecular weight is 487 g/mol. The van der Waals surface area contributed by atoms with Gasteiger partial charge < -0.3 is 19.6 Å². The number of hydrogen-bond acceptors (Lipinski definition) is 6. The van der Waals surface area contributed by atoms with Gasteiger partial charge in [-0.1, -0.05) is 57.1 Å². The summed E-state index contributed by atoms with van der Waals surface area (Å²) in [6.07, 6.45) is 2.55. The molecule has 0 bridgehead atoms. The molecule has 2 fully saturated rings. The van der Waals surface area contributed by atoms with Crippen LogP contribution in [0, 0.1) is 23.7 Å². The standard InChI is InChI=1S/C30H38N4O2/c1-18-11-19(2)15-33(14-18)10-9-31-24-13-25(34-16-20(3)12-21(4)17-34)28-27-26(24)29(35)22-7-5-6-8-23(22)30(27)36-32-28/h5-8,13,18-21,31H,9-12,14-17H2,1-4H3/t18-,19+,20-,21-/m0/s1. The van der Waals surface area contributed by atoms with Crippen molar-refractivity contribution in [2.75, 3.05) is 49.5 Å². The van der Waals surface area contributed by atoms with E-state index < -0.39 is 0 Å². The smallest absolute Gasteiger partial charge is 0.196 e. The molecular formula is C30H38N4O2. The number of nitrogens with one attached hydrogen (secondary N) is 1. The summed E-state index contributed by atoms with van der Waals surface area (Å²) in [5, 5.41) is 9.11. The first-order chi connectivity index (χ1) is 17.4. The van der Waals surface area contributed by atoms with Gasteiger partial charge in [0.15, 0.2) is 11.5 Å². The van der Waals surface area contributed by atoms with E-state index in [1.54, 1.807) is 0 Å². The predicted octanol–water partition coefficient (Wildman–Crippen LogP) is 5.91. The van der Waals surface area contributed by atoms with Crippen LogP contribution in [0.3, 0.4) is 0 Å². The Bertz CT molecular complexity index is 1280. The number of carbonyl (C=O) groups is 1. The molecule has 4 atom stereocenters. The number of aromatic nitrogens is 1. The molecule has 190 valence electrons. The van der Waals surface area contributed by atoms with Crippen LogP contribution in [0.2, 0.25) is 0 Å².